The van der Waals surface area contributed by atoms with Crippen LogP contribution in [0.1, 0.15) is 5.56 Å². The summed E-state index contributed by atoms with van der Waals surface area (Å²) in [6, 6.07) is 7.43. The first-order valence-electron chi connectivity index (χ1n) is 4.57. The minimum atomic E-state index is -3.55. The molecule has 1 aliphatic heterocycles. The van der Waals surface area contributed by atoms with Crippen LogP contribution in [0.4, 0.5) is 0 Å². The van der Waals surface area contributed by atoms with Gasteiger partial charge in [-0.05, 0) is 24.6 Å². The molecule has 0 atom stereocenters. The Bertz CT molecular complexity index is 561. The fourth-order valence-electron chi connectivity index (χ4n) is 1.19. The summed E-state index contributed by atoms with van der Waals surface area (Å²) < 4.78 is 32.6. The number of nitrogens with zero attached hydrogens (tertiary/aromatic N) is 1. The molecule has 6 heteroatoms. The zero-order valence-electron chi connectivity index (χ0n) is 8.54. The summed E-state index contributed by atoms with van der Waals surface area (Å²) in [6.45, 7) is 1.94. The van der Waals surface area contributed by atoms with Crippen molar-refractivity contribution < 1.29 is 13.2 Å². The van der Waals surface area contributed by atoms with Crippen LogP contribution in [0.2, 0.25) is 0 Å². The highest BCUT2D eigenvalue weighted by Gasteiger charge is 2.10. The van der Waals surface area contributed by atoms with Gasteiger partial charge in [-0.3, -0.25) is 4.72 Å². The Balaban J connectivity index is 2.13. The first-order chi connectivity index (χ1) is 7.55. The molecule has 0 unspecified atom stereocenters. The van der Waals surface area contributed by atoms with E-state index in [1.54, 1.807) is 6.07 Å². The molecular formula is C10H10N2O3S. The summed E-state index contributed by atoms with van der Waals surface area (Å²) in [6.07, 6.45) is 2.42. The van der Waals surface area contributed by atoms with Crippen molar-refractivity contribution in [3.05, 3.63) is 41.8 Å². The normalized spacial score (nSPS) is 17.4. The van der Waals surface area contributed by atoms with Crippen LogP contribution in [0.25, 0.3) is 0 Å². The van der Waals surface area contributed by atoms with Crippen molar-refractivity contribution in [2.75, 3.05) is 0 Å². The lowest BCUT2D eigenvalue weighted by atomic mass is 10.2. The highest BCUT2D eigenvalue weighted by atomic mass is 32.2. The molecule has 0 spiro atoms. The van der Waals surface area contributed by atoms with E-state index in [0.29, 0.717) is 11.5 Å². The molecule has 1 heterocycles. The molecule has 84 valence electrons. The average Bonchev–Trinajstić information content (AvgIpc) is 2.21. The van der Waals surface area contributed by atoms with E-state index in [1.165, 1.54) is 6.20 Å². The van der Waals surface area contributed by atoms with Crippen LogP contribution in [0, 0.1) is 6.92 Å². The van der Waals surface area contributed by atoms with Crippen molar-refractivity contribution >= 4 is 16.4 Å². The fourth-order valence-corrected chi connectivity index (χ4v) is 1.76. The Morgan fingerprint density at radius 3 is 2.81 bits per heavy atom. The SMILES string of the molecule is Cc1cccc(OC2=CNS(=O)(=O)N=C2)c1. The van der Waals surface area contributed by atoms with Crippen LogP contribution in [-0.4, -0.2) is 14.6 Å². The fraction of sp³-hybridized carbons (Fsp3) is 0.100. The number of benzene rings is 1. The Morgan fingerprint density at radius 1 is 1.38 bits per heavy atom. The minimum Gasteiger partial charge on any atom is -0.454 e. The third kappa shape index (κ3) is 2.60. The van der Waals surface area contributed by atoms with Crippen LogP contribution >= 0.6 is 0 Å². The molecule has 1 aliphatic rings. The lowest BCUT2D eigenvalue weighted by Gasteiger charge is -2.10. The maximum atomic E-state index is 10.9. The minimum absolute atomic E-state index is 0.348. The Morgan fingerprint density at radius 2 is 2.19 bits per heavy atom. The van der Waals surface area contributed by atoms with Gasteiger partial charge in [0.05, 0.1) is 12.4 Å². The third-order valence-electron chi connectivity index (χ3n) is 1.89. The summed E-state index contributed by atoms with van der Waals surface area (Å²) in [5, 5.41) is 0. The molecule has 0 saturated heterocycles. The van der Waals surface area contributed by atoms with Gasteiger partial charge in [-0.25, -0.2) is 0 Å². The second kappa shape index (κ2) is 3.97. The van der Waals surface area contributed by atoms with Crippen molar-refractivity contribution in [1.82, 2.24) is 4.72 Å². The van der Waals surface area contributed by atoms with E-state index in [2.05, 4.69) is 9.12 Å². The molecule has 0 bridgehead atoms. The topological polar surface area (TPSA) is 67.8 Å². The average molecular weight is 238 g/mol. The van der Waals surface area contributed by atoms with Crippen LogP contribution < -0.4 is 9.46 Å². The zero-order chi connectivity index (χ0) is 11.6. The van der Waals surface area contributed by atoms with Crippen molar-refractivity contribution in [3.63, 3.8) is 0 Å². The third-order valence-corrected chi connectivity index (χ3v) is 2.69. The number of ether oxygens (including phenoxy) is 1. The van der Waals surface area contributed by atoms with E-state index >= 15 is 0 Å². The second-order valence-electron chi connectivity index (χ2n) is 3.29. The van der Waals surface area contributed by atoms with E-state index < -0.39 is 10.2 Å². The second-order valence-corrected chi connectivity index (χ2v) is 4.69. The van der Waals surface area contributed by atoms with Crippen LogP contribution in [0.5, 0.6) is 5.75 Å². The van der Waals surface area contributed by atoms with Crippen LogP contribution in [-0.2, 0) is 10.2 Å². The Labute approximate surface area is 93.7 Å². The molecule has 1 aromatic carbocycles. The summed E-state index contributed by atoms with van der Waals surface area (Å²) >= 11 is 0. The molecule has 0 fully saturated rings. The number of rotatable bonds is 2. The quantitative estimate of drug-likeness (QED) is 0.839. The summed E-state index contributed by atoms with van der Waals surface area (Å²) in [7, 11) is -3.55. The predicted octanol–water partition coefficient (Wildman–Crippen LogP) is 1.13. The van der Waals surface area contributed by atoms with Gasteiger partial charge in [0, 0.05) is 0 Å². The largest absolute Gasteiger partial charge is 0.454 e. The lowest BCUT2D eigenvalue weighted by Crippen LogP contribution is -2.21. The first kappa shape index (κ1) is 10.7. The standard InChI is InChI=1S/C10H10N2O3S/c1-8-3-2-4-9(5-8)15-10-6-11-16(13,14)12-7-10/h2-7,11H,1H3. The highest BCUT2D eigenvalue weighted by molar-refractivity contribution is 7.88. The molecule has 0 aromatic heterocycles. The molecule has 0 radical (unpaired) electrons. The first-order valence-corrected chi connectivity index (χ1v) is 6.01. The molecule has 5 nitrogen and oxygen atoms in total. The number of allylic oxidation sites excluding steroid dienone is 1. The van der Waals surface area contributed by atoms with E-state index in [4.69, 9.17) is 4.74 Å². The summed E-state index contributed by atoms with van der Waals surface area (Å²) in [5.41, 5.74) is 1.06. The lowest BCUT2D eigenvalue weighted by molar-refractivity contribution is 0.452. The molecule has 16 heavy (non-hydrogen) atoms. The van der Waals surface area contributed by atoms with E-state index in [0.717, 1.165) is 11.8 Å². The number of hydrogen-bond donors (Lipinski definition) is 1. The van der Waals surface area contributed by atoms with Gasteiger partial charge in [0.1, 0.15) is 5.75 Å². The van der Waals surface area contributed by atoms with Gasteiger partial charge in [0.25, 0.3) is 0 Å². The van der Waals surface area contributed by atoms with Gasteiger partial charge in [-0.2, -0.15) is 8.42 Å². The molecule has 1 N–H and O–H groups in total. The van der Waals surface area contributed by atoms with Crippen molar-refractivity contribution in [2.45, 2.75) is 6.92 Å². The van der Waals surface area contributed by atoms with Crippen molar-refractivity contribution in [3.8, 4) is 5.75 Å². The Kier molecular flexibility index (Phi) is 2.66. The smallest absolute Gasteiger partial charge is 0.342 e. The molecule has 0 saturated carbocycles. The predicted molar refractivity (Wildman–Crippen MR) is 60.4 cm³/mol. The maximum absolute atomic E-state index is 10.9. The maximum Gasteiger partial charge on any atom is 0.342 e. The van der Waals surface area contributed by atoms with E-state index in [-0.39, 0.29) is 0 Å². The van der Waals surface area contributed by atoms with E-state index in [1.807, 2.05) is 25.1 Å². The molecular weight excluding hydrogens is 228 g/mol. The molecule has 2 rings (SSSR count). The number of hydrogen-bond acceptors (Lipinski definition) is 3. The van der Waals surface area contributed by atoms with Gasteiger partial charge in [-0.1, -0.05) is 12.1 Å². The van der Waals surface area contributed by atoms with Crippen LogP contribution in [0.3, 0.4) is 0 Å². The van der Waals surface area contributed by atoms with Gasteiger partial charge >= 0.3 is 10.2 Å². The zero-order valence-corrected chi connectivity index (χ0v) is 9.36. The highest BCUT2D eigenvalue weighted by Crippen LogP contribution is 2.15. The van der Waals surface area contributed by atoms with Gasteiger partial charge in [-0.15, -0.1) is 4.40 Å². The van der Waals surface area contributed by atoms with Crippen molar-refractivity contribution in [1.29, 1.82) is 0 Å². The molecule has 0 amide bonds. The molecule has 0 aliphatic carbocycles. The van der Waals surface area contributed by atoms with Crippen LogP contribution in [0.15, 0.2) is 40.6 Å². The Hall–Kier alpha value is -1.82. The summed E-state index contributed by atoms with van der Waals surface area (Å²) in [5.74, 6) is 0.985. The van der Waals surface area contributed by atoms with Gasteiger partial charge < -0.3 is 4.74 Å². The van der Waals surface area contributed by atoms with E-state index in [9.17, 15) is 8.42 Å². The molecule has 1 aromatic rings. The number of nitrogens with one attached hydrogen (secondary N) is 1. The van der Waals surface area contributed by atoms with Gasteiger partial charge in [0.15, 0.2) is 5.76 Å². The summed E-state index contributed by atoms with van der Waals surface area (Å²) in [4.78, 5) is 0. The monoisotopic (exact) mass is 238 g/mol. The van der Waals surface area contributed by atoms with Gasteiger partial charge in [0.2, 0.25) is 0 Å². The number of aryl methyl sites for hydroxylation is 1. The van der Waals surface area contributed by atoms with Crippen molar-refractivity contribution in [2.24, 2.45) is 4.40 Å².